The minimum absolute atomic E-state index is 0.366. The van der Waals surface area contributed by atoms with Gasteiger partial charge in [0.05, 0.1) is 13.7 Å². The molecule has 0 aliphatic rings. The maximum atomic E-state index is 11.7. The molecule has 104 valence electrons. The van der Waals surface area contributed by atoms with Gasteiger partial charge in [-0.2, -0.15) is 0 Å². The topological polar surface area (TPSA) is 76.7 Å². The minimum atomic E-state index is -0.825. The molecule has 1 unspecified atom stereocenters. The first-order valence-corrected chi connectivity index (χ1v) is 5.85. The molecule has 0 aliphatic carbocycles. The van der Waals surface area contributed by atoms with E-state index in [-0.39, 0.29) is 0 Å². The normalized spacial score (nSPS) is 11.5. The molecular weight excluding hydrogens is 248 g/mol. The first-order chi connectivity index (χ1) is 9.19. The van der Waals surface area contributed by atoms with Crippen molar-refractivity contribution >= 4 is 12.0 Å². The van der Waals surface area contributed by atoms with E-state index in [2.05, 4.69) is 15.4 Å². The highest BCUT2D eigenvalue weighted by Gasteiger charge is 2.22. The number of hydrogen-bond acceptors (Lipinski definition) is 4. The Balaban J connectivity index is 2.66. The molecule has 0 aromatic heterocycles. The van der Waals surface area contributed by atoms with Crippen LogP contribution < -0.4 is 10.6 Å². The van der Waals surface area contributed by atoms with Crippen molar-refractivity contribution in [2.75, 3.05) is 27.4 Å². The lowest BCUT2D eigenvalue weighted by molar-refractivity contribution is -0.143. The van der Waals surface area contributed by atoms with Crippen LogP contribution in [-0.4, -0.2) is 39.4 Å². The highest BCUT2D eigenvalue weighted by Crippen LogP contribution is 2.13. The number of nitrogens with one attached hydrogen (secondary N) is 2. The molecule has 2 N–H and O–H groups in total. The summed E-state index contributed by atoms with van der Waals surface area (Å²) in [4.78, 5) is 23.3. The molecule has 0 saturated carbocycles. The maximum Gasteiger partial charge on any atom is 0.333 e. The van der Waals surface area contributed by atoms with Gasteiger partial charge >= 0.3 is 12.0 Å². The van der Waals surface area contributed by atoms with E-state index in [9.17, 15) is 9.59 Å². The van der Waals surface area contributed by atoms with Crippen molar-refractivity contribution in [1.29, 1.82) is 0 Å². The van der Waals surface area contributed by atoms with Gasteiger partial charge in [0.15, 0.2) is 6.04 Å². The predicted molar refractivity (Wildman–Crippen MR) is 69.6 cm³/mol. The third-order valence-corrected chi connectivity index (χ3v) is 2.44. The summed E-state index contributed by atoms with van der Waals surface area (Å²) in [5.74, 6) is -0.520. The second-order valence-electron chi connectivity index (χ2n) is 3.76. The van der Waals surface area contributed by atoms with E-state index < -0.39 is 18.0 Å². The zero-order valence-corrected chi connectivity index (χ0v) is 11.0. The third kappa shape index (κ3) is 4.97. The van der Waals surface area contributed by atoms with Crippen LogP contribution in [0.15, 0.2) is 30.3 Å². The summed E-state index contributed by atoms with van der Waals surface area (Å²) in [7, 11) is 2.82. The van der Waals surface area contributed by atoms with Gasteiger partial charge in [-0.05, 0) is 5.56 Å². The fourth-order valence-electron chi connectivity index (χ4n) is 1.49. The molecule has 0 aliphatic heterocycles. The van der Waals surface area contributed by atoms with E-state index in [0.717, 1.165) is 0 Å². The third-order valence-electron chi connectivity index (χ3n) is 2.44. The first-order valence-electron chi connectivity index (χ1n) is 5.85. The Labute approximate surface area is 112 Å². The molecule has 1 atom stereocenters. The molecule has 2 amide bonds. The van der Waals surface area contributed by atoms with Crippen LogP contribution in [-0.2, 0) is 14.3 Å². The van der Waals surface area contributed by atoms with Gasteiger partial charge in [-0.15, -0.1) is 0 Å². The van der Waals surface area contributed by atoms with E-state index >= 15 is 0 Å². The van der Waals surface area contributed by atoms with E-state index in [1.165, 1.54) is 7.11 Å². The highest BCUT2D eigenvalue weighted by molar-refractivity contribution is 5.84. The van der Waals surface area contributed by atoms with Crippen LogP contribution in [0.25, 0.3) is 0 Å². The molecule has 0 bridgehead atoms. The van der Waals surface area contributed by atoms with Crippen molar-refractivity contribution in [1.82, 2.24) is 10.6 Å². The van der Waals surface area contributed by atoms with Gasteiger partial charge in [0, 0.05) is 13.7 Å². The second-order valence-corrected chi connectivity index (χ2v) is 3.76. The Morgan fingerprint density at radius 1 is 1.21 bits per heavy atom. The van der Waals surface area contributed by atoms with E-state index in [4.69, 9.17) is 4.74 Å². The van der Waals surface area contributed by atoms with Crippen LogP contribution in [0, 0.1) is 0 Å². The van der Waals surface area contributed by atoms with Gasteiger partial charge in [0.25, 0.3) is 0 Å². The minimum Gasteiger partial charge on any atom is -0.467 e. The van der Waals surface area contributed by atoms with Crippen LogP contribution in [0.3, 0.4) is 0 Å². The van der Waals surface area contributed by atoms with Crippen LogP contribution in [0.2, 0.25) is 0 Å². The van der Waals surface area contributed by atoms with Gasteiger partial charge in [-0.1, -0.05) is 30.3 Å². The van der Waals surface area contributed by atoms with Crippen LogP contribution in [0.4, 0.5) is 4.79 Å². The van der Waals surface area contributed by atoms with Crippen molar-refractivity contribution in [3.8, 4) is 0 Å². The van der Waals surface area contributed by atoms with E-state index in [0.29, 0.717) is 18.7 Å². The molecular formula is C13H18N2O4. The number of carbonyl (C=O) groups excluding carboxylic acids is 2. The summed E-state index contributed by atoms with van der Waals surface area (Å²) in [6.45, 7) is 0.770. The Hall–Kier alpha value is -2.08. The van der Waals surface area contributed by atoms with Crippen LogP contribution in [0.5, 0.6) is 0 Å². The summed E-state index contributed by atoms with van der Waals surface area (Å²) >= 11 is 0. The van der Waals surface area contributed by atoms with Crippen molar-refractivity contribution in [2.24, 2.45) is 0 Å². The average Bonchev–Trinajstić information content (AvgIpc) is 2.45. The molecule has 1 rings (SSSR count). The molecule has 0 heterocycles. The number of carbonyl (C=O) groups is 2. The fraction of sp³-hybridized carbons (Fsp3) is 0.385. The summed E-state index contributed by atoms with van der Waals surface area (Å²) in [5, 5.41) is 5.14. The lowest BCUT2D eigenvalue weighted by Gasteiger charge is -2.17. The Kier molecular flexibility index (Phi) is 6.38. The smallest absolute Gasteiger partial charge is 0.333 e. The van der Waals surface area contributed by atoms with Gasteiger partial charge in [-0.3, -0.25) is 0 Å². The van der Waals surface area contributed by atoms with E-state index in [1.54, 1.807) is 31.4 Å². The van der Waals surface area contributed by atoms with E-state index in [1.807, 2.05) is 6.07 Å². The molecule has 6 nitrogen and oxygen atoms in total. The SMILES string of the molecule is COCCNC(=O)NC(C(=O)OC)c1ccccc1. The van der Waals surface area contributed by atoms with Gasteiger partial charge in [0.2, 0.25) is 0 Å². The summed E-state index contributed by atoms with van der Waals surface area (Å²) in [5.41, 5.74) is 0.663. The fourth-order valence-corrected chi connectivity index (χ4v) is 1.49. The lowest BCUT2D eigenvalue weighted by atomic mass is 10.1. The number of hydrogen-bond donors (Lipinski definition) is 2. The monoisotopic (exact) mass is 266 g/mol. The molecule has 0 radical (unpaired) electrons. The molecule has 6 heteroatoms. The molecule has 19 heavy (non-hydrogen) atoms. The zero-order chi connectivity index (χ0) is 14.1. The van der Waals surface area contributed by atoms with Crippen molar-refractivity contribution in [3.05, 3.63) is 35.9 Å². The number of benzene rings is 1. The van der Waals surface area contributed by atoms with Gasteiger partial charge in [-0.25, -0.2) is 9.59 Å². The van der Waals surface area contributed by atoms with Crippen molar-refractivity contribution < 1.29 is 19.1 Å². The Bertz CT molecular complexity index is 408. The largest absolute Gasteiger partial charge is 0.467 e. The summed E-state index contributed by atoms with van der Waals surface area (Å²) in [6, 6.07) is 7.63. The standard InChI is InChI=1S/C13H18N2O4/c1-18-9-8-14-13(17)15-11(12(16)19-2)10-6-4-3-5-7-10/h3-7,11H,8-9H2,1-2H3,(H2,14,15,17). The number of ether oxygens (including phenoxy) is 2. The summed E-state index contributed by atoms with van der Waals surface area (Å²) in [6.07, 6.45) is 0. The van der Waals surface area contributed by atoms with Crippen LogP contribution >= 0.6 is 0 Å². The van der Waals surface area contributed by atoms with Gasteiger partial charge < -0.3 is 20.1 Å². The van der Waals surface area contributed by atoms with Gasteiger partial charge in [0.1, 0.15) is 0 Å². The van der Waals surface area contributed by atoms with Crippen molar-refractivity contribution in [3.63, 3.8) is 0 Å². The number of methoxy groups -OCH3 is 2. The lowest BCUT2D eigenvalue weighted by Crippen LogP contribution is -2.42. The zero-order valence-electron chi connectivity index (χ0n) is 11.0. The molecule has 0 fully saturated rings. The number of esters is 1. The van der Waals surface area contributed by atoms with Crippen LogP contribution in [0.1, 0.15) is 11.6 Å². The molecule has 1 aromatic rings. The maximum absolute atomic E-state index is 11.7. The summed E-state index contributed by atoms with van der Waals surface area (Å²) < 4.78 is 9.50. The Morgan fingerprint density at radius 2 is 1.89 bits per heavy atom. The molecule has 0 spiro atoms. The van der Waals surface area contributed by atoms with Crippen molar-refractivity contribution in [2.45, 2.75) is 6.04 Å². The highest BCUT2D eigenvalue weighted by atomic mass is 16.5. The predicted octanol–water partition coefficient (Wildman–Crippen LogP) is 0.846. The molecule has 1 aromatic carbocycles. The average molecular weight is 266 g/mol. The first kappa shape index (κ1) is 15.0. The quantitative estimate of drug-likeness (QED) is 0.591. The number of amides is 2. The second kappa shape index (κ2) is 8.10. The number of urea groups is 1. The number of rotatable bonds is 6. The Morgan fingerprint density at radius 3 is 2.47 bits per heavy atom. The molecule has 0 saturated heterocycles.